The number of nitro groups is 1. The maximum atomic E-state index is 10.9. The number of nitrogens with zero attached hydrogens (tertiary/aromatic N) is 2. The van der Waals surface area contributed by atoms with Gasteiger partial charge in [0.15, 0.2) is 0 Å². The number of fused-ring (bicyclic) bond motifs is 1. The fourth-order valence-electron chi connectivity index (χ4n) is 3.49. The third-order valence-electron chi connectivity index (χ3n) is 4.84. The molecule has 2 heterocycles. The Kier molecular flexibility index (Phi) is 4.31. The number of furan rings is 1. The Labute approximate surface area is 152 Å². The topological polar surface area (TPSA) is 59.5 Å². The minimum absolute atomic E-state index is 0.0726. The Morgan fingerprint density at radius 1 is 1.12 bits per heavy atom. The molecule has 0 unspecified atom stereocenters. The third-order valence-corrected chi connectivity index (χ3v) is 4.84. The summed E-state index contributed by atoms with van der Waals surface area (Å²) in [7, 11) is 0. The van der Waals surface area contributed by atoms with Gasteiger partial charge in [-0.15, -0.1) is 0 Å². The number of benzene rings is 2. The van der Waals surface area contributed by atoms with E-state index in [1.807, 2.05) is 18.2 Å². The quantitative estimate of drug-likeness (QED) is 0.505. The van der Waals surface area contributed by atoms with Crippen LogP contribution in [-0.4, -0.2) is 16.4 Å². The van der Waals surface area contributed by atoms with Crippen LogP contribution in [0.2, 0.25) is 0 Å². The molecule has 2 aromatic carbocycles. The maximum Gasteiger partial charge on any atom is 0.270 e. The van der Waals surface area contributed by atoms with Gasteiger partial charge in [0.05, 0.1) is 11.5 Å². The van der Waals surface area contributed by atoms with E-state index >= 15 is 0 Å². The first-order valence-electron chi connectivity index (χ1n) is 8.73. The zero-order valence-corrected chi connectivity index (χ0v) is 14.6. The van der Waals surface area contributed by atoms with Crippen molar-refractivity contribution in [1.82, 2.24) is 4.90 Å². The van der Waals surface area contributed by atoms with Gasteiger partial charge in [-0.25, -0.2) is 0 Å². The highest BCUT2D eigenvalue weighted by atomic mass is 16.6. The minimum atomic E-state index is -0.388. The summed E-state index contributed by atoms with van der Waals surface area (Å²) < 4.78 is 5.95. The second-order valence-electron chi connectivity index (χ2n) is 6.81. The molecule has 1 aliphatic rings. The van der Waals surface area contributed by atoms with E-state index in [9.17, 15) is 10.1 Å². The summed E-state index contributed by atoms with van der Waals surface area (Å²) in [4.78, 5) is 12.9. The average molecular weight is 348 g/mol. The summed E-state index contributed by atoms with van der Waals surface area (Å²) in [6.45, 7) is 4.78. The van der Waals surface area contributed by atoms with Crippen molar-refractivity contribution in [2.75, 3.05) is 6.54 Å². The van der Waals surface area contributed by atoms with Crippen molar-refractivity contribution in [3.05, 3.63) is 87.2 Å². The molecule has 26 heavy (non-hydrogen) atoms. The molecule has 0 spiro atoms. The standard InChI is InChI=1S/C21H20N2O3/c1-15-5-6-16-9-10-22(13-18(16)11-15)14-20-7-8-21(26-20)17-3-2-4-19(12-17)23(24)25/h2-8,11-12H,9-10,13-14H2,1H3. The van der Waals surface area contributed by atoms with Crippen molar-refractivity contribution in [2.24, 2.45) is 0 Å². The highest BCUT2D eigenvalue weighted by Crippen LogP contribution is 2.27. The molecular formula is C21H20N2O3. The molecule has 1 aliphatic heterocycles. The molecule has 0 N–H and O–H groups in total. The van der Waals surface area contributed by atoms with Crippen LogP contribution in [-0.2, 0) is 19.5 Å². The summed E-state index contributed by atoms with van der Waals surface area (Å²) in [5.74, 6) is 1.54. The second-order valence-corrected chi connectivity index (χ2v) is 6.81. The van der Waals surface area contributed by atoms with E-state index in [2.05, 4.69) is 30.0 Å². The first-order chi connectivity index (χ1) is 12.6. The van der Waals surface area contributed by atoms with Crippen LogP contribution in [0.15, 0.2) is 59.0 Å². The summed E-state index contributed by atoms with van der Waals surface area (Å²) >= 11 is 0. The molecule has 0 fully saturated rings. The normalized spacial score (nSPS) is 14.2. The first-order valence-corrected chi connectivity index (χ1v) is 8.73. The van der Waals surface area contributed by atoms with Crippen LogP contribution in [0.1, 0.15) is 22.5 Å². The van der Waals surface area contributed by atoms with Crippen LogP contribution < -0.4 is 0 Å². The fourth-order valence-corrected chi connectivity index (χ4v) is 3.49. The van der Waals surface area contributed by atoms with E-state index in [0.29, 0.717) is 5.76 Å². The fraction of sp³-hybridized carbons (Fsp3) is 0.238. The van der Waals surface area contributed by atoms with Crippen molar-refractivity contribution in [3.8, 4) is 11.3 Å². The number of aryl methyl sites for hydroxylation is 1. The average Bonchev–Trinajstić information content (AvgIpc) is 3.10. The molecule has 5 nitrogen and oxygen atoms in total. The molecule has 0 saturated heterocycles. The molecular weight excluding hydrogens is 328 g/mol. The Balaban J connectivity index is 1.49. The molecule has 0 amide bonds. The zero-order chi connectivity index (χ0) is 18.1. The van der Waals surface area contributed by atoms with Crippen molar-refractivity contribution in [3.63, 3.8) is 0 Å². The van der Waals surface area contributed by atoms with Gasteiger partial charge in [0.2, 0.25) is 0 Å². The van der Waals surface area contributed by atoms with Gasteiger partial charge in [0.1, 0.15) is 11.5 Å². The molecule has 0 aliphatic carbocycles. The van der Waals surface area contributed by atoms with Crippen LogP contribution in [0.25, 0.3) is 11.3 Å². The van der Waals surface area contributed by atoms with E-state index in [4.69, 9.17) is 4.42 Å². The van der Waals surface area contributed by atoms with E-state index in [1.54, 1.807) is 12.1 Å². The van der Waals surface area contributed by atoms with Gasteiger partial charge < -0.3 is 4.42 Å². The predicted octanol–water partition coefficient (Wildman–Crippen LogP) is 4.72. The monoisotopic (exact) mass is 348 g/mol. The van der Waals surface area contributed by atoms with Crippen LogP contribution in [0.5, 0.6) is 0 Å². The van der Waals surface area contributed by atoms with Gasteiger partial charge in [-0.2, -0.15) is 0 Å². The lowest BCUT2D eigenvalue weighted by molar-refractivity contribution is -0.384. The molecule has 0 bridgehead atoms. The van der Waals surface area contributed by atoms with E-state index in [-0.39, 0.29) is 10.6 Å². The van der Waals surface area contributed by atoms with Crippen LogP contribution in [0.4, 0.5) is 5.69 Å². The summed E-state index contributed by atoms with van der Waals surface area (Å²) in [5, 5.41) is 10.9. The van der Waals surface area contributed by atoms with Gasteiger partial charge in [0, 0.05) is 30.8 Å². The first kappa shape index (κ1) is 16.5. The molecule has 0 radical (unpaired) electrons. The maximum absolute atomic E-state index is 10.9. The van der Waals surface area contributed by atoms with Gasteiger partial charge in [0.25, 0.3) is 5.69 Å². The van der Waals surface area contributed by atoms with Crippen molar-refractivity contribution < 1.29 is 9.34 Å². The third kappa shape index (κ3) is 3.39. The predicted molar refractivity (Wildman–Crippen MR) is 99.8 cm³/mol. The minimum Gasteiger partial charge on any atom is -0.460 e. The van der Waals surface area contributed by atoms with Crippen molar-refractivity contribution in [1.29, 1.82) is 0 Å². The lowest BCUT2D eigenvalue weighted by Crippen LogP contribution is -2.29. The SMILES string of the molecule is Cc1ccc2c(c1)CN(Cc1ccc(-c3cccc([N+](=O)[O-])c3)o1)CC2. The smallest absolute Gasteiger partial charge is 0.270 e. The highest BCUT2D eigenvalue weighted by Gasteiger charge is 2.18. The summed E-state index contributed by atoms with van der Waals surface area (Å²) in [6, 6.07) is 17.0. The molecule has 0 saturated carbocycles. The van der Waals surface area contributed by atoms with Gasteiger partial charge >= 0.3 is 0 Å². The number of non-ortho nitro benzene ring substituents is 1. The molecule has 5 heteroatoms. The van der Waals surface area contributed by atoms with Crippen LogP contribution >= 0.6 is 0 Å². The Hall–Kier alpha value is -2.92. The number of rotatable bonds is 4. The van der Waals surface area contributed by atoms with Crippen molar-refractivity contribution in [2.45, 2.75) is 26.4 Å². The van der Waals surface area contributed by atoms with E-state index < -0.39 is 0 Å². The van der Waals surface area contributed by atoms with Crippen molar-refractivity contribution >= 4 is 5.69 Å². The Morgan fingerprint density at radius 3 is 2.85 bits per heavy atom. The Bertz CT molecular complexity index is 961. The molecule has 1 aromatic heterocycles. The second kappa shape index (κ2) is 6.77. The van der Waals surface area contributed by atoms with Crippen LogP contribution in [0.3, 0.4) is 0 Å². The molecule has 0 atom stereocenters. The lowest BCUT2D eigenvalue weighted by Gasteiger charge is -2.28. The highest BCUT2D eigenvalue weighted by molar-refractivity contribution is 5.61. The zero-order valence-electron chi connectivity index (χ0n) is 14.6. The van der Waals surface area contributed by atoms with Gasteiger partial charge in [-0.1, -0.05) is 35.9 Å². The summed E-state index contributed by atoms with van der Waals surface area (Å²) in [5.41, 5.74) is 4.91. The number of nitro benzene ring substituents is 1. The van der Waals surface area contributed by atoms with Gasteiger partial charge in [-0.05, 0) is 36.6 Å². The Morgan fingerprint density at radius 2 is 2.00 bits per heavy atom. The summed E-state index contributed by atoms with van der Waals surface area (Å²) in [6.07, 6.45) is 1.05. The molecule has 132 valence electrons. The molecule has 3 aromatic rings. The van der Waals surface area contributed by atoms with E-state index in [1.165, 1.54) is 22.8 Å². The van der Waals surface area contributed by atoms with Crippen LogP contribution in [0, 0.1) is 17.0 Å². The number of hydrogen-bond donors (Lipinski definition) is 0. The lowest BCUT2D eigenvalue weighted by atomic mass is 9.98. The largest absolute Gasteiger partial charge is 0.460 e. The molecule has 4 rings (SSSR count). The van der Waals surface area contributed by atoms with E-state index in [0.717, 1.165) is 37.4 Å². The van der Waals surface area contributed by atoms with Gasteiger partial charge in [-0.3, -0.25) is 15.0 Å². The number of hydrogen-bond acceptors (Lipinski definition) is 4.